The van der Waals surface area contributed by atoms with Crippen LogP contribution in [0.1, 0.15) is 0 Å². The molecule has 0 radical (unpaired) electrons. The normalized spacial score (nSPS) is 29.4. The molecule has 7 rings (SSSR count). The van der Waals surface area contributed by atoms with Gasteiger partial charge in [0.25, 0.3) is 5.91 Å². The lowest BCUT2D eigenvalue weighted by molar-refractivity contribution is -0.141. The first-order valence-electron chi connectivity index (χ1n) is 13.6. The zero-order valence-corrected chi connectivity index (χ0v) is 21.8. The average Bonchev–Trinajstić information content (AvgIpc) is 3.28. The summed E-state index contributed by atoms with van der Waals surface area (Å²) in [5, 5.41) is 12.0. The Morgan fingerprint density at radius 2 is 1.52 bits per heavy atom. The number of para-hydroxylation sites is 1. The van der Waals surface area contributed by atoms with Gasteiger partial charge in [0.05, 0.1) is 24.5 Å². The summed E-state index contributed by atoms with van der Waals surface area (Å²) < 4.78 is 6.65. The Morgan fingerprint density at radius 1 is 0.800 bits per heavy atom. The van der Waals surface area contributed by atoms with Gasteiger partial charge in [0, 0.05) is 31.0 Å². The van der Waals surface area contributed by atoms with Gasteiger partial charge in [-0.3, -0.25) is 14.4 Å². The largest absolute Gasteiger partial charge is 0.395 e. The molecule has 3 amide bonds. The third-order valence-corrected chi connectivity index (χ3v) is 8.61. The van der Waals surface area contributed by atoms with E-state index in [9.17, 15) is 19.5 Å². The van der Waals surface area contributed by atoms with Crippen molar-refractivity contribution in [2.24, 2.45) is 11.8 Å². The van der Waals surface area contributed by atoms with Crippen LogP contribution < -0.4 is 9.80 Å². The van der Waals surface area contributed by atoms with Gasteiger partial charge in [0.15, 0.2) is 0 Å². The Kier molecular flexibility index (Phi) is 5.83. The third kappa shape index (κ3) is 3.56. The Labute approximate surface area is 231 Å². The van der Waals surface area contributed by atoms with Crippen LogP contribution in [0.2, 0.25) is 0 Å². The zero-order chi connectivity index (χ0) is 27.4. The highest BCUT2D eigenvalue weighted by Crippen LogP contribution is 2.53. The summed E-state index contributed by atoms with van der Waals surface area (Å²) in [6.07, 6.45) is 6.77. The van der Waals surface area contributed by atoms with E-state index in [1.165, 1.54) is 4.90 Å². The number of carbonyl (C=O) groups is 3. The Balaban J connectivity index is 1.31. The van der Waals surface area contributed by atoms with E-state index >= 15 is 0 Å². The van der Waals surface area contributed by atoms with Crippen molar-refractivity contribution in [1.82, 2.24) is 4.90 Å². The number of anilines is 2. The fourth-order valence-electron chi connectivity index (χ4n) is 6.90. The first-order chi connectivity index (χ1) is 19.5. The lowest BCUT2D eigenvalue weighted by atomic mass is 9.77. The minimum Gasteiger partial charge on any atom is -0.395 e. The van der Waals surface area contributed by atoms with Gasteiger partial charge in [-0.25, -0.2) is 0 Å². The fourth-order valence-corrected chi connectivity index (χ4v) is 6.90. The zero-order valence-electron chi connectivity index (χ0n) is 21.8. The van der Waals surface area contributed by atoms with E-state index in [0.29, 0.717) is 18.8 Å². The number of aliphatic hydroxyl groups is 1. The molecular weight excluding hydrogens is 506 g/mol. The smallest absolute Gasteiger partial charge is 0.253 e. The first-order valence-corrected chi connectivity index (χ1v) is 13.6. The van der Waals surface area contributed by atoms with Crippen LogP contribution in [0.3, 0.4) is 0 Å². The molecule has 8 nitrogen and oxygen atoms in total. The molecule has 0 saturated carbocycles. The predicted molar refractivity (Wildman–Crippen MR) is 151 cm³/mol. The molecule has 202 valence electrons. The van der Waals surface area contributed by atoms with Gasteiger partial charge < -0.3 is 24.5 Å². The van der Waals surface area contributed by atoms with Crippen LogP contribution in [0.5, 0.6) is 0 Å². The van der Waals surface area contributed by atoms with Crippen molar-refractivity contribution in [3.8, 4) is 0 Å². The number of likely N-dealkylation sites (tertiary alicyclic amines) is 1. The maximum atomic E-state index is 14.4. The molecular formula is C32H29N3O5. The highest BCUT2D eigenvalue weighted by molar-refractivity contribution is 6.08. The van der Waals surface area contributed by atoms with Crippen molar-refractivity contribution in [1.29, 1.82) is 0 Å². The Hall–Kier alpha value is -4.27. The lowest BCUT2D eigenvalue weighted by Gasteiger charge is -2.35. The minimum atomic E-state index is -1.33. The quantitative estimate of drug-likeness (QED) is 0.519. The number of hydrogen-bond acceptors (Lipinski definition) is 5. The summed E-state index contributed by atoms with van der Waals surface area (Å²) in [6.45, 7) is 0.319. The number of β-amino-alcohol motifs (C(OH)–C–C–N with tert-alkyl or cyclic N) is 1. The van der Waals surface area contributed by atoms with Gasteiger partial charge >= 0.3 is 0 Å². The van der Waals surface area contributed by atoms with E-state index in [4.69, 9.17) is 4.74 Å². The summed E-state index contributed by atoms with van der Waals surface area (Å²) in [4.78, 5) is 47.3. The van der Waals surface area contributed by atoms with Crippen LogP contribution in [0.25, 0.3) is 10.8 Å². The molecule has 4 aliphatic rings. The Bertz CT molecular complexity index is 1570. The summed E-state index contributed by atoms with van der Waals surface area (Å²) in [7, 11) is 0. The number of hydrogen-bond donors (Lipinski definition) is 1. The molecule has 4 aliphatic heterocycles. The molecule has 3 aromatic carbocycles. The third-order valence-electron chi connectivity index (χ3n) is 8.61. The van der Waals surface area contributed by atoms with Gasteiger partial charge in [0.1, 0.15) is 11.6 Å². The van der Waals surface area contributed by atoms with E-state index in [1.807, 2.05) is 97.1 Å². The molecule has 1 unspecified atom stereocenters. The maximum absolute atomic E-state index is 14.4. The topological polar surface area (TPSA) is 90.4 Å². The molecule has 1 N–H and O–H groups in total. The van der Waals surface area contributed by atoms with Crippen molar-refractivity contribution in [3.63, 3.8) is 0 Å². The van der Waals surface area contributed by atoms with Crippen molar-refractivity contribution in [2.75, 3.05) is 36.0 Å². The monoisotopic (exact) mass is 535 g/mol. The maximum Gasteiger partial charge on any atom is 0.253 e. The second kappa shape index (κ2) is 9.43. The Morgan fingerprint density at radius 3 is 2.33 bits per heavy atom. The van der Waals surface area contributed by atoms with Crippen LogP contribution in [0, 0.1) is 11.8 Å². The van der Waals surface area contributed by atoms with Crippen LogP contribution in [-0.2, 0) is 19.1 Å². The number of rotatable bonds is 4. The van der Waals surface area contributed by atoms with Crippen molar-refractivity contribution >= 4 is 39.9 Å². The van der Waals surface area contributed by atoms with Crippen molar-refractivity contribution in [2.45, 2.75) is 17.7 Å². The summed E-state index contributed by atoms with van der Waals surface area (Å²) in [5.74, 6) is -2.55. The van der Waals surface area contributed by atoms with Gasteiger partial charge in [-0.1, -0.05) is 72.8 Å². The highest BCUT2D eigenvalue weighted by atomic mass is 16.5. The van der Waals surface area contributed by atoms with Crippen molar-refractivity contribution in [3.05, 3.63) is 97.1 Å². The van der Waals surface area contributed by atoms with E-state index in [1.54, 1.807) is 9.80 Å². The highest BCUT2D eigenvalue weighted by Gasteiger charge is 2.71. The van der Waals surface area contributed by atoms with E-state index < -0.39 is 29.6 Å². The molecule has 0 aromatic heterocycles. The van der Waals surface area contributed by atoms with Crippen LogP contribution in [0.4, 0.5) is 11.4 Å². The SMILES string of the molecule is O=C1C2N(CCO)C(=O)[C@@H]3[C@@H]4C(=O)N(c5ccccc5)CC=C[C@@H]4O[C@]23C=CCN1c1ccc2ccccc2c1. The number of ether oxygens (including phenoxy) is 1. The molecule has 5 atom stereocenters. The van der Waals surface area contributed by atoms with Gasteiger partial charge in [0.2, 0.25) is 11.8 Å². The average molecular weight is 536 g/mol. The number of nitrogens with zero attached hydrogens (tertiary/aromatic N) is 3. The standard InChI is InChI=1S/C32H29N3O5/c36-19-18-35-28-31(39)34(24-14-13-21-8-4-5-9-22(21)20-24)17-7-15-32(28)27(30(35)38)26-25(40-32)12-6-16-33(29(26)37)23-10-2-1-3-11-23/h1-15,20,25-28,36H,16-19H2/t25-,26+,27-,28?,32-/m0/s1. The molecule has 2 saturated heterocycles. The summed E-state index contributed by atoms with van der Waals surface area (Å²) >= 11 is 0. The van der Waals surface area contributed by atoms with Crippen LogP contribution in [-0.4, -0.2) is 71.7 Å². The molecule has 4 heterocycles. The second-order valence-corrected chi connectivity index (χ2v) is 10.7. The molecule has 0 bridgehead atoms. The van der Waals surface area contributed by atoms with Crippen LogP contribution >= 0.6 is 0 Å². The molecule has 1 spiro atoms. The summed E-state index contributed by atoms with van der Waals surface area (Å²) in [5.41, 5.74) is 0.121. The number of carbonyl (C=O) groups excluding carboxylic acids is 3. The van der Waals surface area contributed by atoms with E-state index in [-0.39, 0.29) is 30.9 Å². The lowest BCUT2D eigenvalue weighted by Crippen LogP contribution is -2.55. The van der Waals surface area contributed by atoms with Gasteiger partial charge in [-0.15, -0.1) is 0 Å². The number of aliphatic hydroxyl groups excluding tert-OH is 1. The first kappa shape index (κ1) is 24.7. The predicted octanol–water partition coefficient (Wildman–Crippen LogP) is 2.92. The molecule has 8 heteroatoms. The number of fused-ring (bicyclic) bond motifs is 3. The molecule has 3 aromatic rings. The van der Waals surface area contributed by atoms with E-state index in [2.05, 4.69) is 0 Å². The van der Waals surface area contributed by atoms with E-state index in [0.717, 1.165) is 16.5 Å². The van der Waals surface area contributed by atoms with Crippen molar-refractivity contribution < 1.29 is 24.2 Å². The van der Waals surface area contributed by atoms with Crippen LogP contribution in [0.15, 0.2) is 97.1 Å². The number of amides is 3. The molecule has 40 heavy (non-hydrogen) atoms. The fraction of sp³-hybridized carbons (Fsp3) is 0.281. The minimum absolute atomic E-state index is 0.0277. The van der Waals surface area contributed by atoms with Gasteiger partial charge in [-0.2, -0.15) is 0 Å². The molecule has 2 fully saturated rings. The summed E-state index contributed by atoms with van der Waals surface area (Å²) in [6, 6.07) is 22.1. The van der Waals surface area contributed by atoms with Gasteiger partial charge in [-0.05, 0) is 35.0 Å². The second-order valence-electron chi connectivity index (χ2n) is 10.7. The molecule has 0 aliphatic carbocycles. The number of benzene rings is 3.